The highest BCUT2D eigenvalue weighted by Gasteiger charge is 2.51. The Kier molecular flexibility index (Phi) is 6.71. The van der Waals surface area contributed by atoms with E-state index in [-0.39, 0.29) is 11.5 Å². The van der Waals surface area contributed by atoms with E-state index in [1.54, 1.807) is 12.1 Å². The first-order chi connectivity index (χ1) is 17.4. The predicted octanol–water partition coefficient (Wildman–Crippen LogP) is 3.90. The Bertz CT molecular complexity index is 1170. The number of nitrogens with zero attached hydrogens (tertiary/aromatic N) is 5. The van der Waals surface area contributed by atoms with E-state index in [4.69, 9.17) is 9.47 Å². The summed E-state index contributed by atoms with van der Waals surface area (Å²) < 4.78 is 24.7. The van der Waals surface area contributed by atoms with Gasteiger partial charge >= 0.3 is 6.09 Å². The second-order valence-electron chi connectivity index (χ2n) is 10.0. The van der Waals surface area contributed by atoms with Crippen LogP contribution in [-0.2, 0) is 4.74 Å². The average Bonchev–Trinajstić information content (AvgIpc) is 3.34. The molecule has 1 atom stereocenters. The van der Waals surface area contributed by atoms with E-state index in [1.165, 1.54) is 19.4 Å². The maximum Gasteiger partial charge on any atom is 0.409 e. The number of nitriles is 1. The number of anilines is 1. The zero-order chi connectivity index (χ0) is 25.3. The fourth-order valence-corrected chi connectivity index (χ4v) is 6.03. The van der Waals surface area contributed by atoms with Gasteiger partial charge in [-0.15, -0.1) is 0 Å². The van der Waals surface area contributed by atoms with Gasteiger partial charge in [0.1, 0.15) is 23.5 Å². The zero-order valence-corrected chi connectivity index (χ0v) is 20.9. The summed E-state index contributed by atoms with van der Waals surface area (Å²) in [4.78, 5) is 23.0. The number of rotatable bonds is 5. The van der Waals surface area contributed by atoms with Crippen LogP contribution in [0.3, 0.4) is 0 Å². The van der Waals surface area contributed by atoms with Gasteiger partial charge in [0.05, 0.1) is 25.5 Å². The maximum atomic E-state index is 14.2. The fraction of sp³-hybridized carbons (Fsp3) is 0.519. The molecular weight excluding hydrogens is 461 g/mol. The Morgan fingerprint density at radius 2 is 2.03 bits per heavy atom. The summed E-state index contributed by atoms with van der Waals surface area (Å²) in [5, 5.41) is 9.30. The molecule has 1 saturated carbocycles. The molecule has 2 aromatic rings. The SMILES string of the molecule is CCOC(=O)N1CC2(CC[C@@H](N3CCN(c4ncc(F)cc4-c4ccc(C#N)c(OC)c4)CC3)C2)C1. The third-order valence-electron chi connectivity index (χ3n) is 7.85. The van der Waals surface area contributed by atoms with E-state index in [1.807, 2.05) is 17.9 Å². The van der Waals surface area contributed by atoms with Crippen molar-refractivity contribution in [2.24, 2.45) is 5.41 Å². The third kappa shape index (κ3) is 4.58. The molecule has 1 amide bonds. The van der Waals surface area contributed by atoms with Crippen LogP contribution in [0.15, 0.2) is 30.5 Å². The number of benzene rings is 1. The van der Waals surface area contributed by atoms with Crippen molar-refractivity contribution in [2.45, 2.75) is 32.2 Å². The topological polar surface area (TPSA) is 81.9 Å². The second kappa shape index (κ2) is 9.94. The molecule has 2 saturated heterocycles. The quantitative estimate of drug-likeness (QED) is 0.625. The molecule has 190 valence electrons. The standard InChI is InChI=1S/C27H32FN5O3/c1-3-36-26(34)33-17-27(18-33)7-6-22(14-27)31-8-10-32(11-9-31)25-23(13-21(28)16-30-25)19-4-5-20(15-29)24(12-19)35-2/h4-5,12-13,16,22H,3,6-11,14,17-18H2,1-2H3/t22-/m1/s1. The lowest BCUT2D eigenvalue weighted by molar-refractivity contribution is -0.00294. The summed E-state index contributed by atoms with van der Waals surface area (Å²) in [6, 6.07) is 9.42. The molecule has 3 aliphatic rings. The smallest absolute Gasteiger partial charge is 0.409 e. The highest BCUT2D eigenvalue weighted by molar-refractivity contribution is 5.77. The number of carbonyl (C=O) groups excluding carboxylic acids is 1. The summed E-state index contributed by atoms with van der Waals surface area (Å²) in [5.74, 6) is 0.807. The van der Waals surface area contributed by atoms with Crippen molar-refractivity contribution in [3.8, 4) is 22.9 Å². The molecule has 5 rings (SSSR count). The average molecular weight is 494 g/mol. The van der Waals surface area contributed by atoms with Gasteiger partial charge in [-0.2, -0.15) is 5.26 Å². The molecule has 3 heterocycles. The normalized spacial score (nSPS) is 21.2. The molecular formula is C27H32FN5O3. The van der Waals surface area contributed by atoms with E-state index >= 15 is 0 Å². The van der Waals surface area contributed by atoms with Crippen LogP contribution < -0.4 is 9.64 Å². The summed E-state index contributed by atoms with van der Waals surface area (Å²) >= 11 is 0. The number of amides is 1. The van der Waals surface area contributed by atoms with Crippen molar-refractivity contribution in [1.29, 1.82) is 5.26 Å². The van der Waals surface area contributed by atoms with Crippen LogP contribution in [0.1, 0.15) is 31.7 Å². The number of likely N-dealkylation sites (tertiary alicyclic amines) is 1. The summed E-state index contributed by atoms with van der Waals surface area (Å²) in [6.07, 6.45) is 4.49. The van der Waals surface area contributed by atoms with Gasteiger partial charge in [0.25, 0.3) is 0 Å². The van der Waals surface area contributed by atoms with Gasteiger partial charge in [-0.1, -0.05) is 6.07 Å². The Balaban J connectivity index is 1.24. The van der Waals surface area contributed by atoms with Crippen LogP contribution in [0.2, 0.25) is 0 Å². The lowest BCUT2D eigenvalue weighted by Gasteiger charge is -2.48. The number of hydrogen-bond acceptors (Lipinski definition) is 7. The minimum atomic E-state index is -0.399. The van der Waals surface area contributed by atoms with E-state index in [9.17, 15) is 14.4 Å². The first kappa shape index (κ1) is 24.3. The van der Waals surface area contributed by atoms with Crippen LogP contribution in [0, 0.1) is 22.6 Å². The zero-order valence-electron chi connectivity index (χ0n) is 20.9. The Morgan fingerprint density at radius 1 is 1.25 bits per heavy atom. The number of halogens is 1. The molecule has 0 unspecified atom stereocenters. The second-order valence-corrected chi connectivity index (χ2v) is 10.0. The lowest BCUT2D eigenvalue weighted by Crippen LogP contribution is -2.58. The van der Waals surface area contributed by atoms with Crippen molar-refractivity contribution in [1.82, 2.24) is 14.8 Å². The minimum Gasteiger partial charge on any atom is -0.495 e. The summed E-state index contributed by atoms with van der Waals surface area (Å²) in [7, 11) is 1.52. The molecule has 1 spiro atoms. The predicted molar refractivity (Wildman–Crippen MR) is 133 cm³/mol. The molecule has 0 bridgehead atoms. The minimum absolute atomic E-state index is 0.192. The molecule has 0 N–H and O–H groups in total. The molecule has 1 aliphatic carbocycles. The molecule has 36 heavy (non-hydrogen) atoms. The Labute approximate surface area is 211 Å². The van der Waals surface area contributed by atoms with Crippen molar-refractivity contribution in [3.05, 3.63) is 41.8 Å². The van der Waals surface area contributed by atoms with Crippen LogP contribution >= 0.6 is 0 Å². The van der Waals surface area contributed by atoms with Crippen LogP contribution in [-0.4, -0.2) is 79.9 Å². The third-order valence-corrected chi connectivity index (χ3v) is 7.85. The molecule has 9 heteroatoms. The van der Waals surface area contributed by atoms with E-state index in [0.29, 0.717) is 29.5 Å². The van der Waals surface area contributed by atoms with Gasteiger partial charge in [-0.25, -0.2) is 14.2 Å². The Hall–Kier alpha value is -3.38. The van der Waals surface area contributed by atoms with Gasteiger partial charge in [0.2, 0.25) is 0 Å². The number of piperazine rings is 1. The van der Waals surface area contributed by atoms with Crippen molar-refractivity contribution in [2.75, 3.05) is 57.9 Å². The van der Waals surface area contributed by atoms with Crippen molar-refractivity contribution in [3.63, 3.8) is 0 Å². The van der Waals surface area contributed by atoms with Crippen LogP contribution in [0.25, 0.3) is 11.1 Å². The maximum absolute atomic E-state index is 14.2. The largest absolute Gasteiger partial charge is 0.495 e. The van der Waals surface area contributed by atoms with Crippen LogP contribution in [0.4, 0.5) is 15.0 Å². The van der Waals surface area contributed by atoms with E-state index in [2.05, 4.69) is 20.9 Å². The van der Waals surface area contributed by atoms with Gasteiger partial charge in [0.15, 0.2) is 0 Å². The van der Waals surface area contributed by atoms with Crippen LogP contribution in [0.5, 0.6) is 5.75 Å². The number of aromatic nitrogens is 1. The first-order valence-corrected chi connectivity index (χ1v) is 12.6. The number of methoxy groups -OCH3 is 1. The molecule has 1 aromatic carbocycles. The summed E-state index contributed by atoms with van der Waals surface area (Å²) in [5.41, 5.74) is 2.14. The number of ether oxygens (including phenoxy) is 2. The highest BCUT2D eigenvalue weighted by atomic mass is 19.1. The van der Waals surface area contributed by atoms with E-state index in [0.717, 1.165) is 69.9 Å². The highest BCUT2D eigenvalue weighted by Crippen LogP contribution is 2.47. The van der Waals surface area contributed by atoms with Gasteiger partial charge in [-0.05, 0) is 49.9 Å². The molecule has 0 radical (unpaired) electrons. The van der Waals surface area contributed by atoms with E-state index < -0.39 is 5.82 Å². The van der Waals surface area contributed by atoms with Crippen molar-refractivity contribution >= 4 is 11.9 Å². The number of pyridine rings is 1. The van der Waals surface area contributed by atoms with Gasteiger partial charge in [0, 0.05) is 56.3 Å². The first-order valence-electron chi connectivity index (χ1n) is 12.6. The lowest BCUT2D eigenvalue weighted by atomic mass is 9.78. The van der Waals surface area contributed by atoms with Gasteiger partial charge < -0.3 is 19.3 Å². The van der Waals surface area contributed by atoms with Crippen molar-refractivity contribution < 1.29 is 18.7 Å². The summed E-state index contributed by atoms with van der Waals surface area (Å²) in [6.45, 7) is 7.30. The molecule has 8 nitrogen and oxygen atoms in total. The van der Waals surface area contributed by atoms with Gasteiger partial charge in [-0.3, -0.25) is 4.90 Å². The monoisotopic (exact) mass is 493 g/mol. The molecule has 1 aromatic heterocycles. The number of hydrogen-bond donors (Lipinski definition) is 0. The molecule has 3 fully saturated rings. The number of carbonyl (C=O) groups is 1. The fourth-order valence-electron chi connectivity index (χ4n) is 6.03. The Morgan fingerprint density at radius 3 is 2.72 bits per heavy atom. The molecule has 2 aliphatic heterocycles.